The third-order valence-corrected chi connectivity index (χ3v) is 0.519. The van der Waals surface area contributed by atoms with Gasteiger partial charge in [0.25, 0.3) is 0 Å². The summed E-state index contributed by atoms with van der Waals surface area (Å²) in [6.45, 7) is 1.86. The molecule has 1 radical (unpaired) electrons. The molecule has 0 bridgehead atoms. The first-order chi connectivity index (χ1) is 2.77. The molecule has 0 aliphatic heterocycles. The number of halogens is 1. The van der Waals surface area contributed by atoms with E-state index in [4.69, 9.17) is 11.6 Å². The standard InChI is InChI=1S/C4H6ClO/c1-2-3-4(5)6/h3H,2H2,1H3. The zero-order valence-corrected chi connectivity index (χ0v) is 4.33. The van der Waals surface area contributed by atoms with Crippen LogP contribution >= 0.6 is 11.6 Å². The number of carbonyl (C=O) groups excluding carboxylic acids is 1. The van der Waals surface area contributed by atoms with Gasteiger partial charge in [0.15, 0.2) is 0 Å². The zero-order chi connectivity index (χ0) is 4.99. The molecule has 2 heteroatoms. The Morgan fingerprint density at radius 1 is 2.00 bits per heavy atom. The maximum Gasteiger partial charge on any atom is 0.225 e. The van der Waals surface area contributed by atoms with E-state index in [9.17, 15) is 4.79 Å². The quantitative estimate of drug-likeness (QED) is 0.485. The molecule has 0 atom stereocenters. The van der Waals surface area contributed by atoms with Crippen molar-refractivity contribution in [3.05, 3.63) is 6.42 Å². The van der Waals surface area contributed by atoms with Crippen molar-refractivity contribution in [3.8, 4) is 0 Å². The van der Waals surface area contributed by atoms with E-state index < -0.39 is 0 Å². The van der Waals surface area contributed by atoms with E-state index in [2.05, 4.69) is 0 Å². The largest absolute Gasteiger partial charge is 0.281 e. The number of hydrogen-bond acceptors (Lipinski definition) is 1. The van der Waals surface area contributed by atoms with Gasteiger partial charge in [-0.3, -0.25) is 4.79 Å². The zero-order valence-electron chi connectivity index (χ0n) is 3.57. The lowest BCUT2D eigenvalue weighted by molar-refractivity contribution is -0.108. The fraction of sp³-hybridized carbons (Fsp3) is 0.500. The van der Waals surface area contributed by atoms with Crippen LogP contribution in [0.2, 0.25) is 0 Å². The first kappa shape index (κ1) is 5.96. The molecular formula is C4H6ClO. The Kier molecular flexibility index (Phi) is 3.14. The lowest BCUT2D eigenvalue weighted by Gasteiger charge is -1.77. The number of carbonyl (C=O) groups is 1. The molecule has 0 unspecified atom stereocenters. The van der Waals surface area contributed by atoms with Crippen LogP contribution in [0.4, 0.5) is 0 Å². The van der Waals surface area contributed by atoms with Gasteiger partial charge >= 0.3 is 0 Å². The molecule has 1 nitrogen and oxygen atoms in total. The van der Waals surface area contributed by atoms with Gasteiger partial charge in [-0.25, -0.2) is 0 Å². The molecule has 0 aromatic rings. The summed E-state index contributed by atoms with van der Waals surface area (Å²) in [7, 11) is 0. The van der Waals surface area contributed by atoms with Crippen LogP contribution in [0.1, 0.15) is 13.3 Å². The number of rotatable bonds is 2. The molecule has 0 saturated carbocycles. The van der Waals surface area contributed by atoms with E-state index in [1.165, 1.54) is 6.42 Å². The highest BCUT2D eigenvalue weighted by molar-refractivity contribution is 6.65. The van der Waals surface area contributed by atoms with Gasteiger partial charge in [0.2, 0.25) is 5.24 Å². The van der Waals surface area contributed by atoms with Crippen LogP contribution in [0.3, 0.4) is 0 Å². The second-order valence-corrected chi connectivity index (χ2v) is 1.29. The highest BCUT2D eigenvalue weighted by Crippen LogP contribution is 1.88. The van der Waals surface area contributed by atoms with Crippen LogP contribution in [-0.4, -0.2) is 5.24 Å². The van der Waals surface area contributed by atoms with Crippen molar-refractivity contribution in [3.63, 3.8) is 0 Å². The van der Waals surface area contributed by atoms with Crippen LogP contribution in [0.15, 0.2) is 0 Å². The molecule has 0 N–H and O–H groups in total. The van der Waals surface area contributed by atoms with E-state index in [0.29, 0.717) is 0 Å². The van der Waals surface area contributed by atoms with Crippen molar-refractivity contribution in [1.82, 2.24) is 0 Å². The minimum absolute atomic E-state index is 0.363. The van der Waals surface area contributed by atoms with Crippen molar-refractivity contribution in [1.29, 1.82) is 0 Å². The summed E-state index contributed by atoms with van der Waals surface area (Å²) >= 11 is 4.88. The summed E-state index contributed by atoms with van der Waals surface area (Å²) in [4.78, 5) is 9.75. The van der Waals surface area contributed by atoms with Crippen molar-refractivity contribution in [2.45, 2.75) is 13.3 Å². The number of hydrogen-bond donors (Lipinski definition) is 0. The summed E-state index contributed by atoms with van der Waals surface area (Å²) in [5.41, 5.74) is 0. The molecule has 0 rings (SSSR count). The molecule has 0 aliphatic carbocycles. The van der Waals surface area contributed by atoms with Crippen molar-refractivity contribution < 1.29 is 4.79 Å². The van der Waals surface area contributed by atoms with Crippen molar-refractivity contribution in [2.24, 2.45) is 0 Å². The molecule has 35 valence electrons. The Balaban J connectivity index is 2.83. The molecule has 0 aromatic carbocycles. The van der Waals surface area contributed by atoms with E-state index >= 15 is 0 Å². The monoisotopic (exact) mass is 105 g/mol. The Morgan fingerprint density at radius 3 is 2.50 bits per heavy atom. The van der Waals surface area contributed by atoms with Gasteiger partial charge in [0.05, 0.1) is 0 Å². The fourth-order valence-electron chi connectivity index (χ4n) is 0.160. The molecular weight excluding hydrogens is 99.5 g/mol. The summed E-state index contributed by atoms with van der Waals surface area (Å²) in [6, 6.07) is 0. The summed E-state index contributed by atoms with van der Waals surface area (Å²) in [6.07, 6.45) is 2.14. The van der Waals surface area contributed by atoms with Gasteiger partial charge in [-0.15, -0.1) is 0 Å². The first-order valence-corrected chi connectivity index (χ1v) is 2.18. The minimum atomic E-state index is -0.363. The van der Waals surface area contributed by atoms with Crippen LogP contribution in [0.25, 0.3) is 0 Å². The second kappa shape index (κ2) is 3.16. The Bertz CT molecular complexity index is 51.5. The highest BCUT2D eigenvalue weighted by Gasteiger charge is 1.88. The third-order valence-electron chi connectivity index (χ3n) is 0.365. The predicted molar refractivity (Wildman–Crippen MR) is 25.5 cm³/mol. The van der Waals surface area contributed by atoms with Gasteiger partial charge in [-0.05, 0) is 18.0 Å². The van der Waals surface area contributed by atoms with Gasteiger partial charge in [-0.2, -0.15) is 0 Å². The Morgan fingerprint density at radius 2 is 2.50 bits per heavy atom. The first-order valence-electron chi connectivity index (χ1n) is 1.80. The average molecular weight is 106 g/mol. The third kappa shape index (κ3) is 3.96. The van der Waals surface area contributed by atoms with E-state index in [-0.39, 0.29) is 5.24 Å². The van der Waals surface area contributed by atoms with E-state index in [1.54, 1.807) is 0 Å². The Hall–Kier alpha value is -0.0400. The lowest BCUT2D eigenvalue weighted by atomic mass is 10.4. The highest BCUT2D eigenvalue weighted by atomic mass is 35.5. The molecule has 0 aliphatic rings. The van der Waals surface area contributed by atoms with Crippen molar-refractivity contribution >= 4 is 16.8 Å². The smallest absolute Gasteiger partial charge is 0.225 e. The second-order valence-electron chi connectivity index (χ2n) is 0.916. The molecule has 0 spiro atoms. The molecule has 6 heavy (non-hydrogen) atoms. The summed E-state index contributed by atoms with van der Waals surface area (Å²) in [5.74, 6) is 0. The predicted octanol–water partition coefficient (Wildman–Crippen LogP) is 1.37. The SMILES string of the molecule is CC[CH]C(=O)Cl. The van der Waals surface area contributed by atoms with Crippen LogP contribution in [-0.2, 0) is 4.79 Å². The summed E-state index contributed by atoms with van der Waals surface area (Å²) < 4.78 is 0. The Labute approximate surface area is 42.3 Å². The summed E-state index contributed by atoms with van der Waals surface area (Å²) in [5, 5.41) is -0.363. The van der Waals surface area contributed by atoms with Crippen molar-refractivity contribution in [2.75, 3.05) is 0 Å². The van der Waals surface area contributed by atoms with E-state index in [0.717, 1.165) is 6.42 Å². The topological polar surface area (TPSA) is 17.1 Å². The van der Waals surface area contributed by atoms with Crippen LogP contribution < -0.4 is 0 Å². The average Bonchev–Trinajstić information content (AvgIpc) is 1.35. The van der Waals surface area contributed by atoms with Gasteiger partial charge in [0.1, 0.15) is 0 Å². The molecule has 0 fully saturated rings. The van der Waals surface area contributed by atoms with Gasteiger partial charge < -0.3 is 0 Å². The van der Waals surface area contributed by atoms with Crippen LogP contribution in [0, 0.1) is 6.42 Å². The van der Waals surface area contributed by atoms with Gasteiger partial charge in [-0.1, -0.05) is 6.92 Å². The molecule has 0 heterocycles. The fourth-order valence-corrected chi connectivity index (χ4v) is 0.315. The maximum absolute atomic E-state index is 9.75. The lowest BCUT2D eigenvalue weighted by Crippen LogP contribution is -1.81. The molecule has 0 amide bonds. The molecule has 0 aromatic heterocycles. The van der Waals surface area contributed by atoms with Gasteiger partial charge in [0, 0.05) is 6.42 Å². The maximum atomic E-state index is 9.75. The van der Waals surface area contributed by atoms with E-state index in [1.807, 2.05) is 6.92 Å². The van der Waals surface area contributed by atoms with Crippen LogP contribution in [0.5, 0.6) is 0 Å². The minimum Gasteiger partial charge on any atom is -0.281 e. The molecule has 0 saturated heterocycles. The normalized spacial score (nSPS) is 8.33.